The summed E-state index contributed by atoms with van der Waals surface area (Å²) in [7, 11) is 1.92. The lowest BCUT2D eigenvalue weighted by Crippen LogP contribution is -2.13. The van der Waals surface area contributed by atoms with Crippen LogP contribution in [0.2, 0.25) is 5.28 Å². The average molecular weight is 312 g/mol. The van der Waals surface area contributed by atoms with Crippen molar-refractivity contribution in [3.63, 3.8) is 0 Å². The van der Waals surface area contributed by atoms with Crippen LogP contribution in [0.25, 0.3) is 11.2 Å². The van der Waals surface area contributed by atoms with E-state index in [1.165, 1.54) is 0 Å². The van der Waals surface area contributed by atoms with E-state index in [0.717, 1.165) is 23.2 Å². The molecule has 0 radical (unpaired) electrons. The van der Waals surface area contributed by atoms with Crippen molar-refractivity contribution < 1.29 is 0 Å². The molecule has 2 aromatic heterocycles. The van der Waals surface area contributed by atoms with E-state index in [4.69, 9.17) is 11.6 Å². The molecule has 6 heteroatoms. The molecule has 22 heavy (non-hydrogen) atoms. The van der Waals surface area contributed by atoms with Crippen LogP contribution in [0.3, 0.4) is 0 Å². The van der Waals surface area contributed by atoms with Gasteiger partial charge in [-0.15, -0.1) is 0 Å². The quantitative estimate of drug-likeness (QED) is 0.581. The van der Waals surface area contributed by atoms with E-state index in [0.29, 0.717) is 11.5 Å². The summed E-state index contributed by atoms with van der Waals surface area (Å²) in [5.41, 5.74) is 3.17. The molecule has 0 aliphatic rings. The molecule has 0 bridgehead atoms. The minimum atomic E-state index is 0.165. The van der Waals surface area contributed by atoms with Crippen molar-refractivity contribution in [3.05, 3.63) is 41.4 Å². The number of aromatic nitrogens is 4. The number of aromatic amines is 1. The van der Waals surface area contributed by atoms with Gasteiger partial charge in [0.1, 0.15) is 5.52 Å². The summed E-state index contributed by atoms with van der Waals surface area (Å²) in [6, 6.07) is 7.92. The minimum absolute atomic E-state index is 0.165. The number of anilines is 2. The summed E-state index contributed by atoms with van der Waals surface area (Å²) in [4.78, 5) is 17.6. The van der Waals surface area contributed by atoms with Crippen molar-refractivity contribution in [1.29, 1.82) is 0 Å². The van der Waals surface area contributed by atoms with E-state index in [9.17, 15) is 0 Å². The van der Waals surface area contributed by atoms with Crippen molar-refractivity contribution in [2.45, 2.75) is 13.3 Å². The zero-order valence-electron chi connectivity index (χ0n) is 12.3. The van der Waals surface area contributed by atoms with Gasteiger partial charge in [-0.3, -0.25) is 0 Å². The predicted molar refractivity (Wildman–Crippen MR) is 88.4 cm³/mol. The van der Waals surface area contributed by atoms with E-state index < -0.39 is 0 Å². The second-order valence-corrected chi connectivity index (χ2v) is 4.99. The van der Waals surface area contributed by atoms with Crippen LogP contribution in [-0.2, 0) is 0 Å². The number of benzene rings is 1. The molecule has 3 rings (SSSR count). The summed E-state index contributed by atoms with van der Waals surface area (Å²) in [5, 5.41) is 0.165. The van der Waals surface area contributed by atoms with Crippen LogP contribution in [0.4, 0.5) is 11.5 Å². The SMILES string of the molecule is CCC#Cc1ccccc1N(C)c1nc(Cl)nc2nc[nH]c12. The second kappa shape index (κ2) is 6.04. The summed E-state index contributed by atoms with van der Waals surface area (Å²) in [6.07, 6.45) is 2.39. The molecular formula is C16H14ClN5. The molecule has 1 aromatic carbocycles. The van der Waals surface area contributed by atoms with Crippen LogP contribution in [0.1, 0.15) is 18.9 Å². The lowest BCUT2D eigenvalue weighted by Gasteiger charge is -2.20. The van der Waals surface area contributed by atoms with E-state index >= 15 is 0 Å². The summed E-state index contributed by atoms with van der Waals surface area (Å²) in [5.74, 6) is 6.94. The fraction of sp³-hybridized carbons (Fsp3) is 0.188. The van der Waals surface area contributed by atoms with Crippen molar-refractivity contribution in [1.82, 2.24) is 19.9 Å². The standard InChI is InChI=1S/C16H14ClN5/c1-3-4-7-11-8-5-6-9-12(11)22(2)15-13-14(19-10-18-13)20-16(17)21-15/h5-6,8-10H,3H2,1-2H3,(H,18,19,20,21). The maximum absolute atomic E-state index is 6.00. The molecule has 5 nitrogen and oxygen atoms in total. The first-order chi connectivity index (χ1) is 10.7. The molecule has 0 unspecified atom stereocenters. The van der Waals surface area contributed by atoms with Gasteiger partial charge < -0.3 is 9.88 Å². The van der Waals surface area contributed by atoms with Crippen LogP contribution in [0.15, 0.2) is 30.6 Å². The fourth-order valence-corrected chi connectivity index (χ4v) is 2.36. The van der Waals surface area contributed by atoms with Crippen molar-refractivity contribution in [2.24, 2.45) is 0 Å². The zero-order chi connectivity index (χ0) is 15.5. The second-order valence-electron chi connectivity index (χ2n) is 4.65. The van der Waals surface area contributed by atoms with Crippen molar-refractivity contribution >= 4 is 34.3 Å². The molecule has 0 amide bonds. The average Bonchev–Trinajstić information content (AvgIpc) is 3.00. The van der Waals surface area contributed by atoms with Crippen molar-refractivity contribution in [3.8, 4) is 11.8 Å². The Labute approximate surface area is 133 Å². The van der Waals surface area contributed by atoms with E-state index in [-0.39, 0.29) is 5.28 Å². The first-order valence-electron chi connectivity index (χ1n) is 6.89. The minimum Gasteiger partial charge on any atom is -0.340 e. The third kappa shape index (κ3) is 2.61. The molecule has 0 aliphatic heterocycles. The highest BCUT2D eigenvalue weighted by Crippen LogP contribution is 2.29. The van der Waals surface area contributed by atoms with Crippen molar-refractivity contribution in [2.75, 3.05) is 11.9 Å². The maximum Gasteiger partial charge on any atom is 0.226 e. The molecule has 0 spiro atoms. The molecule has 1 N–H and O–H groups in total. The molecular weight excluding hydrogens is 298 g/mol. The number of rotatable bonds is 2. The molecule has 110 valence electrons. The van der Waals surface area contributed by atoms with Gasteiger partial charge in [-0.1, -0.05) is 30.9 Å². The molecule has 3 aromatic rings. The van der Waals surface area contributed by atoms with E-state index in [1.54, 1.807) is 6.33 Å². The smallest absolute Gasteiger partial charge is 0.226 e. The number of para-hydroxylation sites is 1. The van der Waals surface area contributed by atoms with Gasteiger partial charge in [-0.05, 0) is 23.7 Å². The highest BCUT2D eigenvalue weighted by atomic mass is 35.5. The van der Waals surface area contributed by atoms with Gasteiger partial charge in [-0.2, -0.15) is 9.97 Å². The van der Waals surface area contributed by atoms with Gasteiger partial charge in [0.05, 0.1) is 12.0 Å². The van der Waals surface area contributed by atoms with Crippen LogP contribution < -0.4 is 4.90 Å². The van der Waals surface area contributed by atoms with E-state index in [2.05, 4.69) is 31.8 Å². The zero-order valence-corrected chi connectivity index (χ0v) is 13.0. The predicted octanol–water partition coefficient (Wildman–Crippen LogP) is 3.54. The topological polar surface area (TPSA) is 57.7 Å². The highest BCUT2D eigenvalue weighted by Gasteiger charge is 2.16. The Morgan fingerprint density at radius 1 is 1.27 bits per heavy atom. The Morgan fingerprint density at radius 2 is 2.09 bits per heavy atom. The summed E-state index contributed by atoms with van der Waals surface area (Å²) >= 11 is 6.00. The highest BCUT2D eigenvalue weighted by molar-refractivity contribution is 6.28. The Bertz CT molecular complexity index is 875. The lowest BCUT2D eigenvalue weighted by molar-refractivity contribution is 1.10. The normalized spacial score (nSPS) is 10.3. The fourth-order valence-electron chi connectivity index (χ4n) is 2.20. The Hall–Kier alpha value is -2.58. The van der Waals surface area contributed by atoms with Crippen LogP contribution in [0, 0.1) is 11.8 Å². The number of hydrogen-bond donors (Lipinski definition) is 1. The Balaban J connectivity index is 2.14. The number of H-pyrrole nitrogens is 1. The maximum atomic E-state index is 6.00. The van der Waals surface area contributed by atoms with Gasteiger partial charge in [0, 0.05) is 19.0 Å². The molecule has 0 saturated heterocycles. The van der Waals surface area contributed by atoms with Gasteiger partial charge in [0.2, 0.25) is 5.28 Å². The number of hydrogen-bond acceptors (Lipinski definition) is 4. The summed E-state index contributed by atoms with van der Waals surface area (Å²) < 4.78 is 0. The lowest BCUT2D eigenvalue weighted by atomic mass is 10.1. The van der Waals surface area contributed by atoms with E-state index in [1.807, 2.05) is 43.1 Å². The molecule has 2 heterocycles. The molecule has 0 atom stereocenters. The molecule has 0 aliphatic carbocycles. The number of halogens is 1. The molecule has 0 fully saturated rings. The number of imidazole rings is 1. The largest absolute Gasteiger partial charge is 0.340 e. The van der Waals surface area contributed by atoms with Crippen LogP contribution >= 0.6 is 11.6 Å². The number of fused-ring (bicyclic) bond motifs is 1. The Morgan fingerprint density at radius 3 is 2.91 bits per heavy atom. The first kappa shape index (κ1) is 14.4. The van der Waals surface area contributed by atoms with Gasteiger partial charge in [0.15, 0.2) is 11.5 Å². The van der Waals surface area contributed by atoms with Crippen LogP contribution in [-0.4, -0.2) is 27.0 Å². The molecule has 0 saturated carbocycles. The monoisotopic (exact) mass is 311 g/mol. The van der Waals surface area contributed by atoms with Gasteiger partial charge in [-0.25, -0.2) is 4.98 Å². The summed E-state index contributed by atoms with van der Waals surface area (Å²) in [6.45, 7) is 2.03. The van der Waals surface area contributed by atoms with Crippen LogP contribution in [0.5, 0.6) is 0 Å². The third-order valence-corrected chi connectivity index (χ3v) is 3.39. The number of nitrogens with one attached hydrogen (secondary N) is 1. The first-order valence-corrected chi connectivity index (χ1v) is 7.26. The third-order valence-electron chi connectivity index (χ3n) is 3.22. The van der Waals surface area contributed by atoms with Gasteiger partial charge in [0.25, 0.3) is 0 Å². The Kier molecular flexibility index (Phi) is 3.94. The van der Waals surface area contributed by atoms with Gasteiger partial charge >= 0.3 is 0 Å². The number of nitrogens with zero attached hydrogens (tertiary/aromatic N) is 4.